The first-order chi connectivity index (χ1) is 13.2. The van der Waals surface area contributed by atoms with E-state index in [1.165, 1.54) is 0 Å². The number of imidazole rings is 1. The lowest BCUT2D eigenvalue weighted by atomic mass is 9.85. The zero-order valence-electron chi connectivity index (χ0n) is 14.6. The van der Waals surface area contributed by atoms with Crippen LogP contribution in [0.4, 0.5) is 0 Å². The number of benzene rings is 3. The number of Topliss-reactive ketones (excluding diaryl/α,β-unsaturated/α-hetero) is 1. The summed E-state index contributed by atoms with van der Waals surface area (Å²) in [6.07, 6.45) is 1.51. The molecule has 132 valence electrons. The minimum Gasteiger partial charge on any atom is -0.296 e. The number of hydrogen-bond donors (Lipinski definition) is 0. The predicted molar refractivity (Wildman–Crippen MR) is 111 cm³/mol. The predicted octanol–water partition coefficient (Wildman–Crippen LogP) is 5.70. The van der Waals surface area contributed by atoms with Gasteiger partial charge in [0.2, 0.25) is 0 Å². The number of halogens is 1. The molecule has 0 fully saturated rings. The third-order valence-corrected chi connectivity index (χ3v) is 5.76. The van der Waals surface area contributed by atoms with Crippen LogP contribution in [0.5, 0.6) is 0 Å². The molecule has 0 radical (unpaired) electrons. The van der Waals surface area contributed by atoms with Crippen molar-refractivity contribution in [2.75, 3.05) is 0 Å². The molecule has 1 aliphatic rings. The molecule has 0 saturated heterocycles. The number of nitrogens with zero attached hydrogens (tertiary/aromatic N) is 2. The summed E-state index contributed by atoms with van der Waals surface area (Å²) in [6.45, 7) is 0. The minimum absolute atomic E-state index is 0.146. The molecule has 3 aromatic carbocycles. The molecule has 0 bridgehead atoms. The maximum Gasteiger partial charge on any atom is 0.172 e. The number of aryl methyl sites for hydroxylation is 1. The second-order valence-corrected chi connectivity index (χ2v) is 7.80. The molecule has 5 rings (SSSR count). The quantitative estimate of drug-likeness (QED) is 0.398. The highest BCUT2D eigenvalue weighted by molar-refractivity contribution is 9.10. The van der Waals surface area contributed by atoms with Gasteiger partial charge in [0.05, 0.1) is 16.7 Å². The molecule has 1 atom stereocenters. The number of aromatic nitrogens is 2. The summed E-state index contributed by atoms with van der Waals surface area (Å²) in [5.41, 5.74) is 4.72. The number of hydrogen-bond acceptors (Lipinski definition) is 2. The Bertz CT molecular complexity index is 1160. The zero-order chi connectivity index (χ0) is 18.4. The van der Waals surface area contributed by atoms with E-state index in [-0.39, 0.29) is 11.7 Å². The summed E-state index contributed by atoms with van der Waals surface area (Å²) in [5, 5.41) is 0. The lowest BCUT2D eigenvalue weighted by molar-refractivity contribution is 0.0953. The van der Waals surface area contributed by atoms with E-state index in [9.17, 15) is 4.79 Å². The van der Waals surface area contributed by atoms with Crippen LogP contribution in [0.3, 0.4) is 0 Å². The van der Waals surface area contributed by atoms with Crippen molar-refractivity contribution in [3.05, 3.63) is 94.2 Å². The molecule has 0 aliphatic carbocycles. The van der Waals surface area contributed by atoms with Crippen LogP contribution >= 0.6 is 15.9 Å². The molecule has 3 nitrogen and oxygen atoms in total. The largest absolute Gasteiger partial charge is 0.296 e. The molecule has 0 amide bonds. The van der Waals surface area contributed by atoms with Crippen molar-refractivity contribution in [1.29, 1.82) is 0 Å². The Kier molecular flexibility index (Phi) is 3.94. The molecule has 4 heteroatoms. The Hall–Kier alpha value is -2.72. The topological polar surface area (TPSA) is 34.9 Å². The fourth-order valence-electron chi connectivity index (χ4n) is 4.01. The van der Waals surface area contributed by atoms with E-state index in [1.54, 1.807) is 0 Å². The van der Waals surface area contributed by atoms with Crippen molar-refractivity contribution < 1.29 is 4.79 Å². The van der Waals surface area contributed by atoms with Gasteiger partial charge in [-0.2, -0.15) is 0 Å². The first-order valence-electron chi connectivity index (χ1n) is 9.08. The second kappa shape index (κ2) is 6.46. The molecule has 1 unspecified atom stereocenters. The van der Waals surface area contributed by atoms with Crippen LogP contribution in [0, 0.1) is 0 Å². The summed E-state index contributed by atoms with van der Waals surface area (Å²) in [7, 11) is 0. The Morgan fingerprint density at radius 3 is 2.59 bits per heavy atom. The third kappa shape index (κ3) is 2.72. The SMILES string of the molecule is O=C1c2ccccc2-n2c(nc3ccc(Br)cc32)CCC1c1ccccc1. The van der Waals surface area contributed by atoms with Gasteiger partial charge in [-0.25, -0.2) is 4.98 Å². The maximum atomic E-state index is 13.5. The monoisotopic (exact) mass is 416 g/mol. The number of rotatable bonds is 1. The molecule has 0 N–H and O–H groups in total. The van der Waals surface area contributed by atoms with Gasteiger partial charge in [-0.15, -0.1) is 0 Å². The summed E-state index contributed by atoms with van der Waals surface area (Å²) in [6, 6.07) is 24.1. The van der Waals surface area contributed by atoms with Crippen LogP contribution < -0.4 is 0 Å². The van der Waals surface area contributed by atoms with Crippen LogP contribution in [0.2, 0.25) is 0 Å². The van der Waals surface area contributed by atoms with E-state index in [1.807, 2.05) is 66.7 Å². The first-order valence-corrected chi connectivity index (χ1v) is 9.87. The van der Waals surface area contributed by atoms with Crippen LogP contribution in [0.15, 0.2) is 77.3 Å². The van der Waals surface area contributed by atoms with Crippen LogP contribution in [-0.2, 0) is 6.42 Å². The Morgan fingerprint density at radius 1 is 0.963 bits per heavy atom. The lowest BCUT2D eigenvalue weighted by Gasteiger charge is -2.23. The van der Waals surface area contributed by atoms with Crippen molar-refractivity contribution in [3.63, 3.8) is 0 Å². The standard InChI is InChI=1S/C23H17BrN2O/c24-16-10-12-19-21(14-16)26-20-9-5-4-8-18(20)23(27)17(11-13-22(26)25-19)15-6-2-1-3-7-15/h1-10,12,14,17H,11,13H2. The molecule has 1 aromatic heterocycles. The van der Waals surface area contributed by atoms with Crippen molar-refractivity contribution in [3.8, 4) is 5.69 Å². The van der Waals surface area contributed by atoms with Gasteiger partial charge in [-0.3, -0.25) is 9.36 Å². The molecule has 1 aliphatic heterocycles. The average Bonchev–Trinajstić information content (AvgIpc) is 3.04. The number of ketones is 1. The highest BCUT2D eigenvalue weighted by atomic mass is 79.9. The third-order valence-electron chi connectivity index (χ3n) is 5.27. The normalized spacial score (nSPS) is 16.5. The minimum atomic E-state index is -0.146. The van der Waals surface area contributed by atoms with Crippen molar-refractivity contribution in [2.45, 2.75) is 18.8 Å². The number of carbonyl (C=O) groups is 1. The molecule has 0 saturated carbocycles. The van der Waals surface area contributed by atoms with E-state index in [2.05, 4.69) is 26.6 Å². The van der Waals surface area contributed by atoms with Crippen molar-refractivity contribution in [2.24, 2.45) is 0 Å². The molecular weight excluding hydrogens is 400 g/mol. The molecule has 2 heterocycles. The maximum absolute atomic E-state index is 13.5. The van der Waals surface area contributed by atoms with E-state index in [0.717, 1.165) is 51.0 Å². The Balaban J connectivity index is 1.76. The Labute approximate surface area is 165 Å². The fraction of sp³-hybridized carbons (Fsp3) is 0.130. The average molecular weight is 417 g/mol. The number of fused-ring (bicyclic) bond motifs is 5. The van der Waals surface area contributed by atoms with E-state index in [0.29, 0.717) is 0 Å². The summed E-state index contributed by atoms with van der Waals surface area (Å²) in [4.78, 5) is 18.4. The lowest BCUT2D eigenvalue weighted by Crippen LogP contribution is -2.20. The van der Waals surface area contributed by atoms with Crippen LogP contribution in [0.1, 0.15) is 34.1 Å². The van der Waals surface area contributed by atoms with E-state index < -0.39 is 0 Å². The van der Waals surface area contributed by atoms with E-state index in [4.69, 9.17) is 4.98 Å². The van der Waals surface area contributed by atoms with Gasteiger partial charge in [0, 0.05) is 22.4 Å². The summed E-state index contributed by atoms with van der Waals surface area (Å²) >= 11 is 3.56. The van der Waals surface area contributed by atoms with Gasteiger partial charge in [-0.05, 0) is 42.3 Å². The highest BCUT2D eigenvalue weighted by Gasteiger charge is 2.29. The van der Waals surface area contributed by atoms with Crippen molar-refractivity contribution in [1.82, 2.24) is 9.55 Å². The van der Waals surface area contributed by atoms with Gasteiger partial charge in [0.1, 0.15) is 5.82 Å². The van der Waals surface area contributed by atoms with Gasteiger partial charge in [0.15, 0.2) is 5.78 Å². The van der Waals surface area contributed by atoms with E-state index >= 15 is 0 Å². The molecule has 4 aromatic rings. The van der Waals surface area contributed by atoms with Crippen molar-refractivity contribution >= 4 is 32.7 Å². The highest BCUT2D eigenvalue weighted by Crippen LogP contribution is 2.34. The first kappa shape index (κ1) is 16.5. The Morgan fingerprint density at radius 2 is 1.74 bits per heavy atom. The van der Waals surface area contributed by atoms with Crippen LogP contribution in [-0.4, -0.2) is 15.3 Å². The van der Waals surface area contributed by atoms with Gasteiger partial charge in [0.25, 0.3) is 0 Å². The van der Waals surface area contributed by atoms with Gasteiger partial charge < -0.3 is 0 Å². The molecule has 0 spiro atoms. The summed E-state index contributed by atoms with van der Waals surface area (Å²) in [5.74, 6) is 1.04. The summed E-state index contributed by atoms with van der Waals surface area (Å²) < 4.78 is 3.15. The fourth-order valence-corrected chi connectivity index (χ4v) is 4.36. The second-order valence-electron chi connectivity index (χ2n) is 6.88. The number of carbonyl (C=O) groups excluding carboxylic acids is 1. The van der Waals surface area contributed by atoms with Gasteiger partial charge in [-0.1, -0.05) is 58.4 Å². The smallest absolute Gasteiger partial charge is 0.172 e. The number of para-hydroxylation sites is 1. The van der Waals surface area contributed by atoms with Gasteiger partial charge >= 0.3 is 0 Å². The molecular formula is C23H17BrN2O. The molecule has 27 heavy (non-hydrogen) atoms. The zero-order valence-corrected chi connectivity index (χ0v) is 16.2. The van der Waals surface area contributed by atoms with Crippen LogP contribution in [0.25, 0.3) is 16.7 Å².